The third-order valence-corrected chi connectivity index (χ3v) is 3.18. The van der Waals surface area contributed by atoms with Gasteiger partial charge >= 0.3 is 0 Å². The lowest BCUT2D eigenvalue weighted by Crippen LogP contribution is -2.42. The molecule has 0 radical (unpaired) electrons. The maximum absolute atomic E-state index is 5.29. The quantitative estimate of drug-likeness (QED) is 0.249. The van der Waals surface area contributed by atoms with Crippen LogP contribution in [-0.2, 0) is 4.74 Å². The van der Waals surface area contributed by atoms with Crippen molar-refractivity contribution in [2.24, 2.45) is 4.99 Å². The summed E-state index contributed by atoms with van der Waals surface area (Å²) in [5.41, 5.74) is 0. The number of ether oxygens (including phenoxy) is 1. The van der Waals surface area contributed by atoms with Crippen LogP contribution in [0.2, 0.25) is 0 Å². The molecule has 0 bridgehead atoms. The summed E-state index contributed by atoms with van der Waals surface area (Å²) in [5, 5.41) is 6.57. The smallest absolute Gasteiger partial charge is 0.191 e. The van der Waals surface area contributed by atoms with Crippen molar-refractivity contribution in [3.8, 4) is 0 Å². The van der Waals surface area contributed by atoms with Crippen LogP contribution in [0.15, 0.2) is 4.99 Å². The van der Waals surface area contributed by atoms with Crippen LogP contribution in [0.1, 0.15) is 41.0 Å². The standard InChI is InChI=1S/C15H34N4O.HI/c1-7-20-12-10-18-15(16-6)17-9-8-11-19(13(2)3)14(4)5;/h13-14H,7-12H2,1-6H3,(H2,16,17,18);1H. The molecule has 0 aliphatic carbocycles. The average Bonchev–Trinajstić information content (AvgIpc) is 2.39. The molecule has 0 aromatic heterocycles. The molecule has 5 nitrogen and oxygen atoms in total. The Labute approximate surface area is 148 Å². The highest BCUT2D eigenvalue weighted by Gasteiger charge is 2.12. The maximum atomic E-state index is 5.29. The summed E-state index contributed by atoms with van der Waals surface area (Å²) in [6.07, 6.45) is 1.11. The van der Waals surface area contributed by atoms with Gasteiger partial charge in [0.1, 0.15) is 0 Å². The lowest BCUT2D eigenvalue weighted by Gasteiger charge is -2.30. The third-order valence-electron chi connectivity index (χ3n) is 3.18. The van der Waals surface area contributed by atoms with Crippen molar-refractivity contribution in [2.45, 2.75) is 53.1 Å². The Bertz CT molecular complexity index is 252. The molecule has 0 aliphatic heterocycles. The van der Waals surface area contributed by atoms with Crippen molar-refractivity contribution < 1.29 is 4.74 Å². The van der Waals surface area contributed by atoms with Crippen LogP contribution in [0.3, 0.4) is 0 Å². The van der Waals surface area contributed by atoms with Gasteiger partial charge in [-0.2, -0.15) is 0 Å². The first-order chi connectivity index (χ1) is 9.52. The molecule has 0 heterocycles. The molecule has 128 valence electrons. The van der Waals surface area contributed by atoms with Gasteiger partial charge in [-0.25, -0.2) is 0 Å². The minimum atomic E-state index is 0. The lowest BCUT2D eigenvalue weighted by atomic mass is 10.2. The van der Waals surface area contributed by atoms with Crippen LogP contribution in [0.4, 0.5) is 0 Å². The Hall–Kier alpha value is -0.0800. The first kappa shape index (κ1) is 23.2. The Kier molecular flexibility index (Phi) is 16.4. The number of hydrogen-bond acceptors (Lipinski definition) is 3. The zero-order valence-electron chi connectivity index (χ0n) is 14.6. The topological polar surface area (TPSA) is 48.9 Å². The predicted octanol–water partition coefficient (Wildman–Crippen LogP) is 2.31. The molecule has 2 N–H and O–H groups in total. The second-order valence-corrected chi connectivity index (χ2v) is 5.40. The molecule has 0 amide bonds. The van der Waals surface area contributed by atoms with E-state index in [0.717, 1.165) is 38.6 Å². The van der Waals surface area contributed by atoms with Crippen LogP contribution in [-0.4, -0.2) is 62.8 Å². The summed E-state index contributed by atoms with van der Waals surface area (Å²) in [4.78, 5) is 6.70. The molecule has 0 fully saturated rings. The van der Waals surface area contributed by atoms with Gasteiger partial charge in [-0.1, -0.05) is 0 Å². The van der Waals surface area contributed by atoms with Gasteiger partial charge < -0.3 is 15.4 Å². The minimum Gasteiger partial charge on any atom is -0.380 e. The zero-order valence-corrected chi connectivity index (χ0v) is 16.9. The Morgan fingerprint density at radius 2 is 1.67 bits per heavy atom. The molecule has 0 spiro atoms. The SMILES string of the molecule is CCOCCNC(=NC)NCCCN(C(C)C)C(C)C.I. The zero-order chi connectivity index (χ0) is 15.4. The van der Waals surface area contributed by atoms with E-state index in [4.69, 9.17) is 4.74 Å². The molecule has 0 saturated heterocycles. The van der Waals surface area contributed by atoms with Gasteiger partial charge in [0.2, 0.25) is 0 Å². The van der Waals surface area contributed by atoms with E-state index < -0.39 is 0 Å². The molecule has 0 rings (SSSR count). The molecule has 0 atom stereocenters. The van der Waals surface area contributed by atoms with Gasteiger partial charge in [0.25, 0.3) is 0 Å². The van der Waals surface area contributed by atoms with Gasteiger partial charge in [-0.3, -0.25) is 9.89 Å². The van der Waals surface area contributed by atoms with E-state index >= 15 is 0 Å². The second kappa shape index (κ2) is 14.8. The molecule has 0 saturated carbocycles. The van der Waals surface area contributed by atoms with Crippen molar-refractivity contribution in [1.82, 2.24) is 15.5 Å². The molecule has 0 unspecified atom stereocenters. The number of guanidine groups is 1. The first-order valence-corrected chi connectivity index (χ1v) is 7.80. The van der Waals surface area contributed by atoms with Gasteiger partial charge in [0.05, 0.1) is 6.61 Å². The largest absolute Gasteiger partial charge is 0.380 e. The lowest BCUT2D eigenvalue weighted by molar-refractivity contribution is 0.152. The number of halogens is 1. The number of nitrogens with one attached hydrogen (secondary N) is 2. The Balaban J connectivity index is 0. The van der Waals surface area contributed by atoms with E-state index in [1.807, 2.05) is 6.92 Å². The number of rotatable bonds is 10. The average molecular weight is 414 g/mol. The second-order valence-electron chi connectivity index (χ2n) is 5.40. The van der Waals surface area contributed by atoms with Gasteiger partial charge in [0, 0.05) is 45.4 Å². The summed E-state index contributed by atoms with van der Waals surface area (Å²) in [6, 6.07) is 1.19. The number of hydrogen-bond donors (Lipinski definition) is 2. The summed E-state index contributed by atoms with van der Waals surface area (Å²) in [5.74, 6) is 0.852. The fraction of sp³-hybridized carbons (Fsp3) is 0.933. The van der Waals surface area contributed by atoms with Crippen molar-refractivity contribution in [2.75, 3.05) is 39.9 Å². The van der Waals surface area contributed by atoms with E-state index in [1.54, 1.807) is 7.05 Å². The van der Waals surface area contributed by atoms with E-state index in [9.17, 15) is 0 Å². The number of nitrogens with zero attached hydrogens (tertiary/aromatic N) is 2. The summed E-state index contributed by atoms with van der Waals surface area (Å²) >= 11 is 0. The molecule has 0 aliphatic rings. The fourth-order valence-electron chi connectivity index (χ4n) is 2.19. The van der Waals surface area contributed by atoms with Crippen LogP contribution in [0.5, 0.6) is 0 Å². The van der Waals surface area contributed by atoms with Crippen molar-refractivity contribution in [3.63, 3.8) is 0 Å². The fourth-order valence-corrected chi connectivity index (χ4v) is 2.19. The van der Waals surface area contributed by atoms with E-state index in [0.29, 0.717) is 18.7 Å². The van der Waals surface area contributed by atoms with Gasteiger partial charge in [0.15, 0.2) is 5.96 Å². The summed E-state index contributed by atoms with van der Waals surface area (Å²) < 4.78 is 5.29. The van der Waals surface area contributed by atoms with Crippen LogP contribution < -0.4 is 10.6 Å². The maximum Gasteiger partial charge on any atom is 0.191 e. The number of aliphatic imine (C=N–C) groups is 1. The van der Waals surface area contributed by atoms with Crippen LogP contribution in [0, 0.1) is 0 Å². The van der Waals surface area contributed by atoms with Gasteiger partial charge in [-0.15, -0.1) is 24.0 Å². The van der Waals surface area contributed by atoms with Crippen LogP contribution in [0.25, 0.3) is 0 Å². The molecule has 6 heteroatoms. The first-order valence-electron chi connectivity index (χ1n) is 7.80. The van der Waals surface area contributed by atoms with Crippen molar-refractivity contribution >= 4 is 29.9 Å². The predicted molar refractivity (Wildman–Crippen MR) is 103 cm³/mol. The van der Waals surface area contributed by atoms with E-state index in [-0.39, 0.29) is 24.0 Å². The van der Waals surface area contributed by atoms with Crippen LogP contribution >= 0.6 is 24.0 Å². The highest BCUT2D eigenvalue weighted by molar-refractivity contribution is 14.0. The van der Waals surface area contributed by atoms with E-state index in [1.165, 1.54) is 0 Å². The van der Waals surface area contributed by atoms with Crippen molar-refractivity contribution in [1.29, 1.82) is 0 Å². The summed E-state index contributed by atoms with van der Waals surface area (Å²) in [7, 11) is 1.80. The monoisotopic (exact) mass is 414 g/mol. The van der Waals surface area contributed by atoms with Crippen molar-refractivity contribution in [3.05, 3.63) is 0 Å². The summed E-state index contributed by atoms with van der Waals surface area (Å²) in [6.45, 7) is 15.3. The van der Waals surface area contributed by atoms with E-state index in [2.05, 4.69) is 48.2 Å². The highest BCUT2D eigenvalue weighted by Crippen LogP contribution is 2.05. The minimum absolute atomic E-state index is 0. The molecule has 0 aromatic carbocycles. The molecule has 21 heavy (non-hydrogen) atoms. The van der Waals surface area contributed by atoms with Gasteiger partial charge in [-0.05, 0) is 41.0 Å². The third kappa shape index (κ3) is 12.2. The molecular weight excluding hydrogens is 379 g/mol. The highest BCUT2D eigenvalue weighted by atomic mass is 127. The Morgan fingerprint density at radius 3 is 2.14 bits per heavy atom. The Morgan fingerprint density at radius 1 is 1.10 bits per heavy atom. The normalized spacial score (nSPS) is 12.0. The molecule has 0 aromatic rings. The molecular formula is C15H35IN4O.